The van der Waals surface area contributed by atoms with E-state index in [1.165, 1.54) is 18.9 Å². The summed E-state index contributed by atoms with van der Waals surface area (Å²) in [5.41, 5.74) is 0.884. The van der Waals surface area contributed by atoms with Crippen molar-refractivity contribution in [2.75, 3.05) is 13.1 Å². The van der Waals surface area contributed by atoms with E-state index in [1.807, 2.05) is 0 Å². The number of hydrogen-bond acceptors (Lipinski definition) is 3. The Kier molecular flexibility index (Phi) is 4.60. The first-order valence-corrected chi connectivity index (χ1v) is 7.22. The van der Waals surface area contributed by atoms with E-state index >= 15 is 0 Å². The van der Waals surface area contributed by atoms with Crippen molar-refractivity contribution in [1.82, 2.24) is 15.2 Å². The lowest BCUT2D eigenvalue weighted by atomic mass is 10.2. The highest BCUT2D eigenvalue weighted by Crippen LogP contribution is 2.27. The van der Waals surface area contributed by atoms with Crippen LogP contribution in [0.15, 0.2) is 16.9 Å². The van der Waals surface area contributed by atoms with Crippen LogP contribution in [0.1, 0.15) is 42.7 Å². The third-order valence-electron chi connectivity index (χ3n) is 3.58. The standard InChI is InChI=1S/C15H23N3O2/c1-10(2)18(13-4-5-13)7-6-16-15(20)12-8-11(3)17-14(19)9-12/h8-10,13H,4-7H2,1-3H3,(H,16,20)(H,17,19). The highest BCUT2D eigenvalue weighted by molar-refractivity contribution is 5.94. The van der Waals surface area contributed by atoms with Gasteiger partial charge in [-0.1, -0.05) is 0 Å². The van der Waals surface area contributed by atoms with Gasteiger partial charge in [0.05, 0.1) is 0 Å². The summed E-state index contributed by atoms with van der Waals surface area (Å²) in [4.78, 5) is 28.4. The van der Waals surface area contributed by atoms with E-state index in [0.717, 1.165) is 6.54 Å². The van der Waals surface area contributed by atoms with Gasteiger partial charge in [0.2, 0.25) is 5.56 Å². The topological polar surface area (TPSA) is 65.2 Å². The number of carbonyl (C=O) groups is 1. The number of pyridine rings is 1. The second-order valence-corrected chi connectivity index (χ2v) is 5.73. The number of H-pyrrole nitrogens is 1. The predicted molar refractivity (Wildman–Crippen MR) is 79.0 cm³/mol. The maximum absolute atomic E-state index is 12.0. The molecule has 1 amide bonds. The van der Waals surface area contributed by atoms with Gasteiger partial charge in [-0.05, 0) is 39.7 Å². The summed E-state index contributed by atoms with van der Waals surface area (Å²) in [5.74, 6) is -0.182. The minimum Gasteiger partial charge on any atom is -0.351 e. The van der Waals surface area contributed by atoms with Gasteiger partial charge in [-0.2, -0.15) is 0 Å². The van der Waals surface area contributed by atoms with Crippen molar-refractivity contribution in [2.45, 2.75) is 45.7 Å². The summed E-state index contributed by atoms with van der Waals surface area (Å²) >= 11 is 0. The summed E-state index contributed by atoms with van der Waals surface area (Å²) < 4.78 is 0. The molecule has 0 unspecified atom stereocenters. The normalized spacial score (nSPS) is 14.8. The summed E-state index contributed by atoms with van der Waals surface area (Å²) in [7, 11) is 0. The minimum absolute atomic E-state index is 0.182. The monoisotopic (exact) mass is 277 g/mol. The summed E-state index contributed by atoms with van der Waals surface area (Å²) in [6.07, 6.45) is 2.53. The molecule has 1 aliphatic carbocycles. The largest absolute Gasteiger partial charge is 0.351 e. The van der Waals surface area contributed by atoms with Crippen molar-refractivity contribution < 1.29 is 4.79 Å². The molecule has 1 aromatic heterocycles. The van der Waals surface area contributed by atoms with Crippen molar-refractivity contribution >= 4 is 5.91 Å². The van der Waals surface area contributed by atoms with Gasteiger partial charge in [-0.3, -0.25) is 14.5 Å². The zero-order chi connectivity index (χ0) is 14.7. The molecule has 1 aliphatic rings. The maximum atomic E-state index is 12.0. The van der Waals surface area contributed by atoms with Crippen LogP contribution in [0.3, 0.4) is 0 Å². The fourth-order valence-electron chi connectivity index (χ4n) is 2.48. The zero-order valence-electron chi connectivity index (χ0n) is 12.4. The molecule has 1 aromatic rings. The van der Waals surface area contributed by atoms with Crippen molar-refractivity contribution in [1.29, 1.82) is 0 Å². The summed E-state index contributed by atoms with van der Waals surface area (Å²) in [5, 5.41) is 2.89. The second-order valence-electron chi connectivity index (χ2n) is 5.73. The Morgan fingerprint density at radius 3 is 2.70 bits per heavy atom. The highest BCUT2D eigenvalue weighted by atomic mass is 16.2. The molecular formula is C15H23N3O2. The minimum atomic E-state index is -0.239. The van der Waals surface area contributed by atoms with Gasteiger partial charge in [-0.15, -0.1) is 0 Å². The quantitative estimate of drug-likeness (QED) is 0.823. The van der Waals surface area contributed by atoms with E-state index in [-0.39, 0.29) is 11.5 Å². The SMILES string of the molecule is Cc1cc(C(=O)NCCN(C(C)C)C2CC2)cc(=O)[nH]1. The molecule has 0 aromatic carbocycles. The second kappa shape index (κ2) is 6.22. The fourth-order valence-corrected chi connectivity index (χ4v) is 2.48. The number of amides is 1. The Morgan fingerprint density at radius 1 is 1.45 bits per heavy atom. The lowest BCUT2D eigenvalue weighted by Crippen LogP contribution is -2.40. The summed E-state index contributed by atoms with van der Waals surface area (Å²) in [6, 6.07) is 4.22. The molecule has 0 spiro atoms. The van der Waals surface area contributed by atoms with Crippen LogP contribution in [-0.2, 0) is 0 Å². The van der Waals surface area contributed by atoms with E-state index in [4.69, 9.17) is 0 Å². The van der Waals surface area contributed by atoms with E-state index in [0.29, 0.717) is 29.9 Å². The molecule has 0 radical (unpaired) electrons. The van der Waals surface area contributed by atoms with Crippen molar-refractivity contribution in [3.8, 4) is 0 Å². The Morgan fingerprint density at radius 2 is 2.15 bits per heavy atom. The van der Waals surface area contributed by atoms with E-state index in [1.54, 1.807) is 13.0 Å². The number of nitrogens with one attached hydrogen (secondary N) is 2. The molecule has 20 heavy (non-hydrogen) atoms. The van der Waals surface area contributed by atoms with Crippen LogP contribution in [0.5, 0.6) is 0 Å². The average molecular weight is 277 g/mol. The number of rotatable bonds is 6. The van der Waals surface area contributed by atoms with Gasteiger partial charge >= 0.3 is 0 Å². The molecule has 5 nitrogen and oxygen atoms in total. The van der Waals surface area contributed by atoms with Crippen molar-refractivity contribution in [2.24, 2.45) is 0 Å². The molecule has 0 atom stereocenters. The first-order valence-electron chi connectivity index (χ1n) is 7.22. The fraction of sp³-hybridized carbons (Fsp3) is 0.600. The van der Waals surface area contributed by atoms with Gasteiger partial charge < -0.3 is 10.3 Å². The van der Waals surface area contributed by atoms with Crippen LogP contribution in [0.2, 0.25) is 0 Å². The van der Waals surface area contributed by atoms with Crippen LogP contribution in [0.4, 0.5) is 0 Å². The van der Waals surface area contributed by atoms with Gasteiger partial charge in [0.25, 0.3) is 5.91 Å². The molecule has 110 valence electrons. The van der Waals surface area contributed by atoms with Crippen molar-refractivity contribution in [3.63, 3.8) is 0 Å². The van der Waals surface area contributed by atoms with E-state index < -0.39 is 0 Å². The average Bonchev–Trinajstić information content (AvgIpc) is 3.16. The van der Waals surface area contributed by atoms with Gasteiger partial charge in [0.15, 0.2) is 0 Å². The lowest BCUT2D eigenvalue weighted by Gasteiger charge is -2.26. The number of aromatic nitrogens is 1. The molecule has 0 aliphatic heterocycles. The zero-order valence-corrected chi connectivity index (χ0v) is 12.4. The molecule has 0 saturated heterocycles. The third-order valence-corrected chi connectivity index (χ3v) is 3.58. The summed E-state index contributed by atoms with van der Waals surface area (Å²) in [6.45, 7) is 7.60. The van der Waals surface area contributed by atoms with Crippen LogP contribution in [0.25, 0.3) is 0 Å². The van der Waals surface area contributed by atoms with Crippen LogP contribution in [-0.4, -0.2) is 41.0 Å². The Balaban J connectivity index is 1.87. The number of aryl methyl sites for hydroxylation is 1. The maximum Gasteiger partial charge on any atom is 0.251 e. The first-order chi connectivity index (χ1) is 9.47. The molecule has 5 heteroatoms. The molecule has 1 fully saturated rings. The van der Waals surface area contributed by atoms with Gasteiger partial charge in [0, 0.05) is 42.5 Å². The van der Waals surface area contributed by atoms with Gasteiger partial charge in [-0.25, -0.2) is 0 Å². The molecule has 1 heterocycles. The van der Waals surface area contributed by atoms with Crippen LogP contribution in [0, 0.1) is 6.92 Å². The predicted octanol–water partition coefficient (Wildman–Crippen LogP) is 1.29. The smallest absolute Gasteiger partial charge is 0.251 e. The molecule has 0 bridgehead atoms. The number of carbonyl (C=O) groups excluding carboxylic acids is 1. The molecule has 1 saturated carbocycles. The lowest BCUT2D eigenvalue weighted by molar-refractivity contribution is 0.0943. The van der Waals surface area contributed by atoms with Gasteiger partial charge in [0.1, 0.15) is 0 Å². The number of aromatic amines is 1. The highest BCUT2D eigenvalue weighted by Gasteiger charge is 2.30. The Hall–Kier alpha value is -1.62. The van der Waals surface area contributed by atoms with E-state index in [2.05, 4.69) is 29.0 Å². The molecular weight excluding hydrogens is 254 g/mol. The molecule has 2 N–H and O–H groups in total. The van der Waals surface area contributed by atoms with Crippen LogP contribution >= 0.6 is 0 Å². The Bertz CT molecular complexity index is 530. The first kappa shape index (κ1) is 14.8. The molecule has 2 rings (SSSR count). The number of nitrogens with zero attached hydrogens (tertiary/aromatic N) is 1. The Labute approximate surface area is 119 Å². The third kappa shape index (κ3) is 3.93. The van der Waals surface area contributed by atoms with Crippen molar-refractivity contribution in [3.05, 3.63) is 33.7 Å². The van der Waals surface area contributed by atoms with Crippen LogP contribution < -0.4 is 10.9 Å². The number of hydrogen-bond donors (Lipinski definition) is 2. The van der Waals surface area contributed by atoms with E-state index in [9.17, 15) is 9.59 Å².